The van der Waals surface area contributed by atoms with Gasteiger partial charge in [-0.25, -0.2) is 0 Å². The number of nitrogens with zero attached hydrogens (tertiary/aromatic N) is 1. The number of benzene rings is 2. The Labute approximate surface area is 152 Å². The van der Waals surface area contributed by atoms with Gasteiger partial charge < -0.3 is 10.2 Å². The van der Waals surface area contributed by atoms with Gasteiger partial charge in [0, 0.05) is 18.7 Å². The number of rotatable bonds is 6. The molecule has 0 aliphatic carbocycles. The standard InChI is InChI=1S/C20H22N2O2S/c1-15(25-14-16-8-3-2-4-9-16)20(24)21-17-10-5-6-11-18(17)22-13-7-12-19(22)23/h2-6,8-11,15H,7,12-14H2,1H3,(H,21,24). The minimum absolute atomic E-state index is 0.0416. The van der Waals surface area contributed by atoms with E-state index in [1.54, 1.807) is 16.7 Å². The topological polar surface area (TPSA) is 49.4 Å². The summed E-state index contributed by atoms with van der Waals surface area (Å²) in [5.74, 6) is 0.870. The number of hydrogen-bond acceptors (Lipinski definition) is 3. The van der Waals surface area contributed by atoms with Crippen LogP contribution in [0.3, 0.4) is 0 Å². The van der Waals surface area contributed by atoms with E-state index in [-0.39, 0.29) is 17.1 Å². The second kappa shape index (κ2) is 8.21. The largest absolute Gasteiger partial charge is 0.323 e. The third-order valence-corrected chi connectivity index (χ3v) is 5.45. The summed E-state index contributed by atoms with van der Waals surface area (Å²) in [6.45, 7) is 2.62. The normalized spacial score (nSPS) is 15.2. The Morgan fingerprint density at radius 2 is 1.88 bits per heavy atom. The van der Waals surface area contributed by atoms with Gasteiger partial charge in [-0.2, -0.15) is 0 Å². The Morgan fingerprint density at radius 1 is 1.16 bits per heavy atom. The van der Waals surface area contributed by atoms with Gasteiger partial charge in [-0.1, -0.05) is 42.5 Å². The lowest BCUT2D eigenvalue weighted by Crippen LogP contribution is -2.27. The van der Waals surface area contributed by atoms with E-state index in [4.69, 9.17) is 0 Å². The Morgan fingerprint density at radius 3 is 2.60 bits per heavy atom. The highest BCUT2D eigenvalue weighted by Crippen LogP contribution is 2.30. The molecular weight excluding hydrogens is 332 g/mol. The second-order valence-corrected chi connectivity index (χ2v) is 7.42. The molecule has 1 saturated heterocycles. The maximum Gasteiger partial charge on any atom is 0.237 e. The number of anilines is 2. The van der Waals surface area contributed by atoms with Gasteiger partial charge in [0.05, 0.1) is 16.6 Å². The first-order valence-electron chi connectivity index (χ1n) is 8.51. The quantitative estimate of drug-likeness (QED) is 0.850. The minimum Gasteiger partial charge on any atom is -0.323 e. The summed E-state index contributed by atoms with van der Waals surface area (Å²) in [6, 6.07) is 17.6. The molecule has 1 fully saturated rings. The van der Waals surface area contributed by atoms with Gasteiger partial charge in [-0.05, 0) is 31.0 Å². The van der Waals surface area contributed by atoms with Crippen LogP contribution in [0.25, 0.3) is 0 Å². The molecule has 0 aromatic heterocycles. The average Bonchev–Trinajstić information content (AvgIpc) is 3.06. The smallest absolute Gasteiger partial charge is 0.237 e. The van der Waals surface area contributed by atoms with E-state index < -0.39 is 0 Å². The Hall–Kier alpha value is -2.27. The number of hydrogen-bond donors (Lipinski definition) is 1. The zero-order valence-electron chi connectivity index (χ0n) is 14.3. The molecule has 2 aromatic rings. The third-order valence-electron chi connectivity index (χ3n) is 4.24. The number of carbonyl (C=O) groups is 2. The minimum atomic E-state index is -0.178. The molecular formula is C20H22N2O2S. The van der Waals surface area contributed by atoms with Gasteiger partial charge >= 0.3 is 0 Å². The Balaban J connectivity index is 1.63. The number of carbonyl (C=O) groups excluding carboxylic acids is 2. The molecule has 1 N–H and O–H groups in total. The van der Waals surface area contributed by atoms with Gasteiger partial charge in [0.1, 0.15) is 0 Å². The van der Waals surface area contributed by atoms with E-state index in [9.17, 15) is 9.59 Å². The lowest BCUT2D eigenvalue weighted by molar-refractivity contribution is -0.117. The predicted molar refractivity (Wildman–Crippen MR) is 104 cm³/mol. The zero-order valence-corrected chi connectivity index (χ0v) is 15.1. The van der Waals surface area contributed by atoms with Crippen LogP contribution in [0, 0.1) is 0 Å². The van der Waals surface area contributed by atoms with Crippen LogP contribution in [0.5, 0.6) is 0 Å². The van der Waals surface area contributed by atoms with Gasteiger partial charge in [-0.3, -0.25) is 9.59 Å². The molecule has 1 unspecified atom stereocenters. The first-order chi connectivity index (χ1) is 12.1. The fourth-order valence-electron chi connectivity index (χ4n) is 2.82. The SMILES string of the molecule is CC(SCc1ccccc1)C(=O)Nc1ccccc1N1CCCC1=O. The molecule has 1 aliphatic rings. The first-order valence-corrected chi connectivity index (χ1v) is 9.56. The van der Waals surface area contributed by atoms with Crippen molar-refractivity contribution in [1.82, 2.24) is 0 Å². The summed E-state index contributed by atoms with van der Waals surface area (Å²) >= 11 is 1.60. The Bertz CT molecular complexity index is 748. The third kappa shape index (κ3) is 4.42. The van der Waals surface area contributed by atoms with Crippen LogP contribution in [0.2, 0.25) is 0 Å². The average molecular weight is 354 g/mol. The van der Waals surface area contributed by atoms with Crippen molar-refractivity contribution in [3.8, 4) is 0 Å². The molecule has 4 nitrogen and oxygen atoms in total. The molecule has 2 aromatic carbocycles. The second-order valence-electron chi connectivity index (χ2n) is 6.09. The van der Waals surface area contributed by atoms with Gasteiger partial charge in [0.15, 0.2) is 0 Å². The van der Waals surface area contributed by atoms with Gasteiger partial charge in [0.2, 0.25) is 11.8 Å². The van der Waals surface area contributed by atoms with Crippen molar-refractivity contribution < 1.29 is 9.59 Å². The van der Waals surface area contributed by atoms with E-state index in [1.807, 2.05) is 49.4 Å². The van der Waals surface area contributed by atoms with E-state index in [0.29, 0.717) is 18.7 Å². The zero-order chi connectivity index (χ0) is 17.6. The molecule has 1 atom stereocenters. The predicted octanol–water partition coefficient (Wildman–Crippen LogP) is 4.07. The molecule has 130 valence electrons. The molecule has 0 saturated carbocycles. The molecule has 1 aliphatic heterocycles. The van der Waals surface area contributed by atoms with E-state index in [2.05, 4.69) is 17.4 Å². The number of para-hydroxylation sites is 2. The van der Waals surface area contributed by atoms with E-state index in [0.717, 1.165) is 17.9 Å². The first kappa shape index (κ1) is 17.5. The van der Waals surface area contributed by atoms with Crippen molar-refractivity contribution in [1.29, 1.82) is 0 Å². The molecule has 1 heterocycles. The molecule has 0 bridgehead atoms. The summed E-state index contributed by atoms with van der Waals surface area (Å²) in [5.41, 5.74) is 2.70. The number of nitrogens with one attached hydrogen (secondary N) is 1. The van der Waals surface area contributed by atoms with Crippen LogP contribution in [-0.2, 0) is 15.3 Å². The van der Waals surface area contributed by atoms with E-state index >= 15 is 0 Å². The van der Waals surface area contributed by atoms with Crippen LogP contribution in [0.1, 0.15) is 25.3 Å². The van der Waals surface area contributed by atoms with Crippen LogP contribution in [0.15, 0.2) is 54.6 Å². The molecule has 25 heavy (non-hydrogen) atoms. The summed E-state index contributed by atoms with van der Waals surface area (Å²) in [4.78, 5) is 26.3. The molecule has 5 heteroatoms. The van der Waals surface area contributed by atoms with Crippen LogP contribution < -0.4 is 10.2 Å². The van der Waals surface area contributed by atoms with Crippen molar-refractivity contribution in [2.45, 2.75) is 30.8 Å². The maximum atomic E-state index is 12.5. The lowest BCUT2D eigenvalue weighted by Gasteiger charge is -2.21. The summed E-state index contributed by atoms with van der Waals surface area (Å²) in [7, 11) is 0. The lowest BCUT2D eigenvalue weighted by atomic mass is 10.2. The Kier molecular flexibility index (Phi) is 5.76. The fraction of sp³-hybridized carbons (Fsp3) is 0.300. The molecule has 0 spiro atoms. The highest BCUT2D eigenvalue weighted by atomic mass is 32.2. The van der Waals surface area contributed by atoms with Crippen LogP contribution >= 0.6 is 11.8 Å². The maximum absolute atomic E-state index is 12.5. The van der Waals surface area contributed by atoms with Crippen molar-refractivity contribution in [3.63, 3.8) is 0 Å². The van der Waals surface area contributed by atoms with E-state index in [1.165, 1.54) is 5.56 Å². The highest BCUT2D eigenvalue weighted by Gasteiger charge is 2.24. The molecule has 2 amide bonds. The van der Waals surface area contributed by atoms with Crippen molar-refractivity contribution in [3.05, 3.63) is 60.2 Å². The highest BCUT2D eigenvalue weighted by molar-refractivity contribution is 7.99. The molecule has 3 rings (SSSR count). The monoisotopic (exact) mass is 354 g/mol. The number of amides is 2. The number of thioether (sulfide) groups is 1. The summed E-state index contributed by atoms with van der Waals surface area (Å²) < 4.78 is 0. The van der Waals surface area contributed by atoms with Crippen LogP contribution in [-0.4, -0.2) is 23.6 Å². The molecule has 0 radical (unpaired) electrons. The van der Waals surface area contributed by atoms with Crippen molar-refractivity contribution in [2.24, 2.45) is 0 Å². The van der Waals surface area contributed by atoms with Crippen LogP contribution in [0.4, 0.5) is 11.4 Å². The van der Waals surface area contributed by atoms with Gasteiger partial charge in [-0.15, -0.1) is 11.8 Å². The van der Waals surface area contributed by atoms with Gasteiger partial charge in [0.25, 0.3) is 0 Å². The van der Waals surface area contributed by atoms with Crippen molar-refractivity contribution in [2.75, 3.05) is 16.8 Å². The van der Waals surface area contributed by atoms with Crippen molar-refractivity contribution >= 4 is 35.0 Å². The summed E-state index contributed by atoms with van der Waals surface area (Å²) in [5, 5.41) is 2.81. The summed E-state index contributed by atoms with van der Waals surface area (Å²) in [6.07, 6.45) is 1.44. The fourth-order valence-corrected chi connectivity index (χ4v) is 3.67.